The van der Waals surface area contributed by atoms with Crippen molar-refractivity contribution in [1.82, 2.24) is 0 Å². The van der Waals surface area contributed by atoms with E-state index in [2.05, 4.69) is 0 Å². The van der Waals surface area contributed by atoms with E-state index in [1.807, 2.05) is 19.1 Å². The second-order valence-corrected chi connectivity index (χ2v) is 6.68. The van der Waals surface area contributed by atoms with Gasteiger partial charge in [0.2, 0.25) is 0 Å². The number of hydrogen-bond acceptors (Lipinski definition) is 3. The first-order valence-corrected chi connectivity index (χ1v) is 8.65. The first-order valence-electron chi connectivity index (χ1n) is 8.65. The van der Waals surface area contributed by atoms with Crippen molar-refractivity contribution in [3.63, 3.8) is 0 Å². The minimum Gasteiger partial charge on any atom is -0.481 e. The summed E-state index contributed by atoms with van der Waals surface area (Å²) < 4.78 is 0. The average molecular weight is 344 g/mol. The Morgan fingerprint density at radius 2 is 1.56 bits per heavy atom. The van der Waals surface area contributed by atoms with Crippen LogP contribution in [-0.2, 0) is 9.59 Å². The molecule has 5 heteroatoms. The summed E-state index contributed by atoms with van der Waals surface area (Å²) in [5.74, 6) is -2.61. The summed E-state index contributed by atoms with van der Waals surface area (Å²) in [4.78, 5) is 35.4. The van der Waals surface area contributed by atoms with Crippen molar-refractivity contribution in [2.75, 3.05) is 0 Å². The van der Waals surface area contributed by atoms with Gasteiger partial charge in [-0.25, -0.2) is 4.79 Å². The van der Waals surface area contributed by atoms with Crippen molar-refractivity contribution in [2.45, 2.75) is 51.9 Å². The van der Waals surface area contributed by atoms with Crippen LogP contribution >= 0.6 is 0 Å². The minimum atomic E-state index is -1.24. The quantitative estimate of drug-likeness (QED) is 0.576. The van der Waals surface area contributed by atoms with Crippen molar-refractivity contribution in [3.05, 3.63) is 46.5 Å². The van der Waals surface area contributed by atoms with Crippen LogP contribution in [-0.4, -0.2) is 27.9 Å². The number of carboxylic acid groups (broad SMARTS) is 2. The van der Waals surface area contributed by atoms with Crippen molar-refractivity contribution >= 4 is 17.7 Å². The number of Topliss-reactive ketones (excluding diaryl/α,β-unsaturated/α-hetero) is 1. The van der Waals surface area contributed by atoms with E-state index in [1.54, 1.807) is 12.1 Å². The summed E-state index contributed by atoms with van der Waals surface area (Å²) in [5, 5.41) is 18.6. The summed E-state index contributed by atoms with van der Waals surface area (Å²) in [7, 11) is 0. The van der Waals surface area contributed by atoms with Crippen molar-refractivity contribution in [1.29, 1.82) is 0 Å². The van der Waals surface area contributed by atoms with Gasteiger partial charge >= 0.3 is 11.9 Å². The highest BCUT2D eigenvalue weighted by molar-refractivity contribution is 6.00. The van der Waals surface area contributed by atoms with Gasteiger partial charge in [-0.2, -0.15) is 0 Å². The first-order chi connectivity index (χ1) is 11.9. The fourth-order valence-corrected chi connectivity index (χ4v) is 3.44. The zero-order valence-electron chi connectivity index (χ0n) is 14.5. The molecular weight excluding hydrogens is 320 g/mol. The normalized spacial score (nSPS) is 16.2. The van der Waals surface area contributed by atoms with Crippen molar-refractivity contribution in [2.24, 2.45) is 5.92 Å². The van der Waals surface area contributed by atoms with Gasteiger partial charge in [0.15, 0.2) is 5.78 Å². The smallest absolute Gasteiger partial charge is 0.332 e. The summed E-state index contributed by atoms with van der Waals surface area (Å²) in [5.41, 5.74) is 1.94. The monoisotopic (exact) mass is 344 g/mol. The van der Waals surface area contributed by atoms with Crippen LogP contribution in [0.15, 0.2) is 35.4 Å². The third-order valence-electron chi connectivity index (χ3n) is 4.80. The second kappa shape index (κ2) is 8.60. The van der Waals surface area contributed by atoms with Gasteiger partial charge in [0.1, 0.15) is 0 Å². The molecule has 1 aliphatic carbocycles. The molecule has 25 heavy (non-hydrogen) atoms. The van der Waals surface area contributed by atoms with Crippen LogP contribution in [0.3, 0.4) is 0 Å². The minimum absolute atomic E-state index is 0.0198. The molecule has 1 fully saturated rings. The van der Waals surface area contributed by atoms with E-state index in [-0.39, 0.29) is 23.7 Å². The Kier molecular flexibility index (Phi) is 6.51. The van der Waals surface area contributed by atoms with E-state index in [0.717, 1.165) is 37.7 Å². The summed E-state index contributed by atoms with van der Waals surface area (Å²) in [6.45, 7) is 1.93. The zero-order valence-corrected chi connectivity index (χ0v) is 14.5. The molecule has 2 N–H and O–H groups in total. The van der Waals surface area contributed by atoms with Gasteiger partial charge in [-0.1, -0.05) is 49.1 Å². The maximum Gasteiger partial charge on any atom is 0.332 e. The third kappa shape index (κ3) is 5.28. The number of aryl methyl sites for hydroxylation is 1. The lowest BCUT2D eigenvalue weighted by Gasteiger charge is -2.26. The Morgan fingerprint density at radius 3 is 2.08 bits per heavy atom. The van der Waals surface area contributed by atoms with Crippen LogP contribution < -0.4 is 0 Å². The molecule has 0 amide bonds. The highest BCUT2D eigenvalue weighted by Gasteiger charge is 2.27. The number of hydrogen-bond donors (Lipinski definition) is 2. The van der Waals surface area contributed by atoms with Gasteiger partial charge in [-0.15, -0.1) is 0 Å². The van der Waals surface area contributed by atoms with Crippen LogP contribution in [0.2, 0.25) is 0 Å². The van der Waals surface area contributed by atoms with E-state index in [0.29, 0.717) is 11.1 Å². The molecule has 1 aromatic rings. The highest BCUT2D eigenvalue weighted by atomic mass is 16.4. The average Bonchev–Trinajstić information content (AvgIpc) is 2.58. The molecule has 0 bridgehead atoms. The maximum atomic E-state index is 12.6. The van der Waals surface area contributed by atoms with Gasteiger partial charge in [0.05, 0.1) is 6.42 Å². The molecule has 0 atom stereocenters. The van der Waals surface area contributed by atoms with Crippen LogP contribution in [0.1, 0.15) is 60.9 Å². The highest BCUT2D eigenvalue weighted by Crippen LogP contribution is 2.35. The van der Waals surface area contributed by atoms with Gasteiger partial charge < -0.3 is 10.2 Å². The number of aliphatic carboxylic acids is 2. The van der Waals surface area contributed by atoms with Gasteiger partial charge in [0, 0.05) is 17.6 Å². The van der Waals surface area contributed by atoms with Gasteiger partial charge in [-0.05, 0) is 31.3 Å². The Labute approximate surface area is 147 Å². The molecule has 0 aliphatic heterocycles. The van der Waals surface area contributed by atoms with Gasteiger partial charge in [-0.3, -0.25) is 9.59 Å². The number of carbonyl (C=O) groups excluding carboxylic acids is 1. The Hall–Kier alpha value is -2.43. The fraction of sp³-hybridized carbons (Fsp3) is 0.450. The van der Waals surface area contributed by atoms with E-state index in [4.69, 9.17) is 5.11 Å². The van der Waals surface area contributed by atoms with E-state index >= 15 is 0 Å². The lowest BCUT2D eigenvalue weighted by molar-refractivity contribution is -0.139. The number of carboxylic acids is 2. The number of carbonyl (C=O) groups is 3. The second-order valence-electron chi connectivity index (χ2n) is 6.68. The molecule has 5 nitrogen and oxygen atoms in total. The fourth-order valence-electron chi connectivity index (χ4n) is 3.44. The Bertz CT molecular complexity index is 679. The van der Waals surface area contributed by atoms with Crippen molar-refractivity contribution in [3.8, 4) is 0 Å². The number of allylic oxidation sites excluding steroid dienone is 1. The number of benzene rings is 1. The number of rotatable bonds is 7. The predicted molar refractivity (Wildman–Crippen MR) is 93.6 cm³/mol. The lowest BCUT2D eigenvalue weighted by Crippen LogP contribution is -2.19. The Morgan fingerprint density at radius 1 is 0.960 bits per heavy atom. The molecule has 0 unspecified atom stereocenters. The van der Waals surface area contributed by atoms with E-state index in [1.165, 1.54) is 0 Å². The van der Waals surface area contributed by atoms with Crippen LogP contribution in [0.25, 0.3) is 0 Å². The van der Waals surface area contributed by atoms with Gasteiger partial charge in [0.25, 0.3) is 0 Å². The molecular formula is C20H24O5. The Balaban J connectivity index is 2.35. The lowest BCUT2D eigenvalue weighted by atomic mass is 9.78. The molecule has 0 saturated heterocycles. The van der Waals surface area contributed by atoms with E-state index in [9.17, 15) is 19.5 Å². The molecule has 134 valence electrons. The molecule has 1 aliphatic rings. The zero-order chi connectivity index (χ0) is 18.4. The summed E-state index contributed by atoms with van der Waals surface area (Å²) in [6.07, 6.45) is 4.10. The summed E-state index contributed by atoms with van der Waals surface area (Å²) >= 11 is 0. The third-order valence-corrected chi connectivity index (χ3v) is 4.80. The topological polar surface area (TPSA) is 91.7 Å². The first kappa shape index (κ1) is 18.9. The molecule has 2 rings (SSSR count). The molecule has 0 heterocycles. The molecule has 1 aromatic carbocycles. The standard InChI is InChI=1S/C20H24O5/c1-13-7-9-15(10-8-13)18(21)11-16(14-5-3-2-4-6-14)17(20(24)25)12-19(22)23/h7-10,14H,2-6,11-12H2,1H3,(H,22,23)(H,24,25). The van der Waals surface area contributed by atoms with Crippen LogP contribution in [0, 0.1) is 12.8 Å². The molecule has 0 aromatic heterocycles. The SMILES string of the molecule is Cc1ccc(C(=O)CC(=C(CC(=O)O)C(=O)O)C2CCCCC2)cc1. The molecule has 0 spiro atoms. The van der Waals surface area contributed by atoms with Crippen LogP contribution in [0.4, 0.5) is 0 Å². The number of ketones is 1. The van der Waals surface area contributed by atoms with E-state index < -0.39 is 18.4 Å². The predicted octanol–water partition coefficient (Wildman–Crippen LogP) is 4.00. The maximum absolute atomic E-state index is 12.6. The van der Waals surface area contributed by atoms with Crippen molar-refractivity contribution < 1.29 is 24.6 Å². The molecule has 0 radical (unpaired) electrons. The molecule has 1 saturated carbocycles. The van der Waals surface area contributed by atoms with Crippen LogP contribution in [0.5, 0.6) is 0 Å². The largest absolute Gasteiger partial charge is 0.481 e. The summed E-state index contributed by atoms with van der Waals surface area (Å²) in [6, 6.07) is 7.14.